The molecule has 3 saturated heterocycles. The van der Waals surface area contributed by atoms with Gasteiger partial charge in [0, 0.05) is 18.0 Å². The molecule has 1 aromatic carbocycles. The molecular formula is C23H31NO8. The van der Waals surface area contributed by atoms with Crippen LogP contribution in [0.15, 0.2) is 30.3 Å². The summed E-state index contributed by atoms with van der Waals surface area (Å²) in [6.07, 6.45) is -0.143. The van der Waals surface area contributed by atoms with Gasteiger partial charge in [0.25, 0.3) is 0 Å². The number of carbonyl (C=O) groups is 1. The van der Waals surface area contributed by atoms with Gasteiger partial charge in [0.05, 0.1) is 13.2 Å². The lowest BCUT2D eigenvalue weighted by atomic mass is 9.99. The number of nitrogens with zero attached hydrogens (tertiary/aromatic N) is 1. The highest BCUT2D eigenvalue weighted by Crippen LogP contribution is 2.32. The largest absolute Gasteiger partial charge is 0.462 e. The van der Waals surface area contributed by atoms with Gasteiger partial charge in [-0.3, -0.25) is 4.90 Å². The van der Waals surface area contributed by atoms with Crippen LogP contribution in [0.2, 0.25) is 0 Å². The lowest BCUT2D eigenvalue weighted by Gasteiger charge is -2.39. The van der Waals surface area contributed by atoms with Crippen LogP contribution in [0.25, 0.3) is 6.08 Å². The molecule has 3 aliphatic rings. The molecule has 4 N–H and O–H groups in total. The zero-order valence-electron chi connectivity index (χ0n) is 17.8. The molecule has 4 rings (SSSR count). The molecule has 0 saturated carbocycles. The van der Waals surface area contributed by atoms with Crippen LogP contribution in [-0.4, -0.2) is 94.3 Å². The average Bonchev–Trinajstić information content (AvgIpc) is 3.42. The summed E-state index contributed by atoms with van der Waals surface area (Å²) in [7, 11) is 0. The van der Waals surface area contributed by atoms with E-state index in [0.717, 1.165) is 25.1 Å². The second-order valence-corrected chi connectivity index (χ2v) is 8.64. The SMILES string of the molecule is O=C(/C=C\c1ccc(O[C@H]2O[C@H](CO)[C@@H](O)[C@H](O)[C@H]2O)cc1)OC[C@@H]1CCN2CCC[C@@H]12. The molecule has 0 bridgehead atoms. The first-order valence-electron chi connectivity index (χ1n) is 11.1. The van der Waals surface area contributed by atoms with E-state index in [1.807, 2.05) is 0 Å². The van der Waals surface area contributed by atoms with Gasteiger partial charge in [0.2, 0.25) is 6.29 Å². The number of aliphatic hydroxyl groups excluding tert-OH is 4. The molecule has 0 spiro atoms. The minimum atomic E-state index is -1.50. The van der Waals surface area contributed by atoms with Crippen molar-refractivity contribution < 1.29 is 39.4 Å². The summed E-state index contributed by atoms with van der Waals surface area (Å²) in [5.41, 5.74) is 0.755. The van der Waals surface area contributed by atoms with Crippen LogP contribution < -0.4 is 4.74 Å². The van der Waals surface area contributed by atoms with Crippen LogP contribution >= 0.6 is 0 Å². The van der Waals surface area contributed by atoms with Crippen LogP contribution in [0.1, 0.15) is 24.8 Å². The summed E-state index contributed by atoms with van der Waals surface area (Å²) >= 11 is 0. The van der Waals surface area contributed by atoms with Crippen molar-refractivity contribution in [2.24, 2.45) is 5.92 Å². The number of hydrogen-bond donors (Lipinski definition) is 4. The van der Waals surface area contributed by atoms with E-state index in [1.165, 1.54) is 18.9 Å². The average molecular weight is 450 g/mol. The summed E-state index contributed by atoms with van der Waals surface area (Å²) in [6.45, 7) is 2.19. The molecule has 9 heteroatoms. The van der Waals surface area contributed by atoms with Crippen LogP contribution in [0.5, 0.6) is 5.75 Å². The van der Waals surface area contributed by atoms with Gasteiger partial charge in [0.15, 0.2) is 0 Å². The standard InChI is InChI=1S/C23H31NO8/c25-12-18-20(27)21(28)22(29)23(32-18)31-16-6-3-14(4-7-16)5-8-19(26)30-13-15-9-11-24-10-1-2-17(15)24/h3-8,15,17-18,20-23,25,27-29H,1-2,9-13H2/b8-5-/t15-,17-,18+,20+,21-,22+,23-/m0/s1. The Bertz CT molecular complexity index is 798. The predicted octanol–water partition coefficient (Wildman–Crippen LogP) is -0.0940. The molecule has 0 amide bonds. The summed E-state index contributed by atoms with van der Waals surface area (Å²) in [5, 5.41) is 39.0. The highest BCUT2D eigenvalue weighted by molar-refractivity contribution is 5.87. The van der Waals surface area contributed by atoms with Gasteiger partial charge in [-0.25, -0.2) is 4.79 Å². The molecule has 3 aliphatic heterocycles. The van der Waals surface area contributed by atoms with Crippen molar-refractivity contribution in [3.05, 3.63) is 35.9 Å². The van der Waals surface area contributed by atoms with E-state index in [0.29, 0.717) is 24.3 Å². The Labute approximate surface area is 186 Å². The van der Waals surface area contributed by atoms with E-state index >= 15 is 0 Å². The second kappa shape index (κ2) is 10.3. The molecular weight excluding hydrogens is 418 g/mol. The number of aliphatic hydroxyl groups is 4. The van der Waals surface area contributed by atoms with E-state index < -0.39 is 37.3 Å². The van der Waals surface area contributed by atoms with Gasteiger partial charge in [-0.05, 0) is 56.1 Å². The highest BCUT2D eigenvalue weighted by atomic mass is 16.7. The van der Waals surface area contributed by atoms with E-state index in [-0.39, 0.29) is 5.97 Å². The quantitative estimate of drug-likeness (QED) is 0.333. The number of esters is 1. The lowest BCUT2D eigenvalue weighted by Crippen LogP contribution is -2.60. The van der Waals surface area contributed by atoms with Crippen molar-refractivity contribution in [3.8, 4) is 5.75 Å². The minimum Gasteiger partial charge on any atom is -0.462 e. The fourth-order valence-electron chi connectivity index (χ4n) is 4.74. The number of benzene rings is 1. The topological polar surface area (TPSA) is 129 Å². The van der Waals surface area contributed by atoms with Crippen molar-refractivity contribution in [3.63, 3.8) is 0 Å². The molecule has 3 fully saturated rings. The molecule has 176 valence electrons. The van der Waals surface area contributed by atoms with Crippen LogP contribution in [0.4, 0.5) is 0 Å². The molecule has 0 aliphatic carbocycles. The summed E-state index contributed by atoms with van der Waals surface area (Å²) < 4.78 is 16.3. The highest BCUT2D eigenvalue weighted by Gasteiger charge is 2.44. The Hall–Kier alpha value is -2.01. The third-order valence-corrected chi connectivity index (χ3v) is 6.58. The Morgan fingerprint density at radius 2 is 1.88 bits per heavy atom. The molecule has 1 aromatic rings. The van der Waals surface area contributed by atoms with Crippen molar-refractivity contribution in [2.75, 3.05) is 26.3 Å². The van der Waals surface area contributed by atoms with Crippen molar-refractivity contribution in [2.45, 2.75) is 56.0 Å². The van der Waals surface area contributed by atoms with Gasteiger partial charge in [-0.1, -0.05) is 12.1 Å². The zero-order chi connectivity index (χ0) is 22.7. The Morgan fingerprint density at radius 3 is 2.62 bits per heavy atom. The minimum absolute atomic E-state index is 0.358. The first-order valence-corrected chi connectivity index (χ1v) is 11.1. The Balaban J connectivity index is 1.26. The van der Waals surface area contributed by atoms with Gasteiger partial charge < -0.3 is 34.6 Å². The number of carbonyl (C=O) groups excluding carboxylic acids is 1. The van der Waals surface area contributed by atoms with Crippen LogP contribution in [0.3, 0.4) is 0 Å². The first-order chi connectivity index (χ1) is 15.5. The maximum atomic E-state index is 12.1. The van der Waals surface area contributed by atoms with Crippen LogP contribution in [-0.2, 0) is 14.3 Å². The fourth-order valence-corrected chi connectivity index (χ4v) is 4.74. The second-order valence-electron chi connectivity index (χ2n) is 8.64. The zero-order valence-corrected chi connectivity index (χ0v) is 17.8. The van der Waals surface area contributed by atoms with Crippen molar-refractivity contribution >= 4 is 12.0 Å². The number of rotatable bonds is 7. The summed E-state index contributed by atoms with van der Waals surface area (Å²) in [4.78, 5) is 14.6. The molecule has 0 aromatic heterocycles. The fraction of sp³-hybridized carbons (Fsp3) is 0.609. The van der Waals surface area contributed by atoms with E-state index in [2.05, 4.69) is 4.90 Å². The third-order valence-electron chi connectivity index (χ3n) is 6.58. The predicted molar refractivity (Wildman–Crippen MR) is 114 cm³/mol. The Morgan fingerprint density at radius 1 is 1.09 bits per heavy atom. The van der Waals surface area contributed by atoms with E-state index in [9.17, 15) is 25.2 Å². The molecule has 32 heavy (non-hydrogen) atoms. The van der Waals surface area contributed by atoms with Gasteiger partial charge in [-0.2, -0.15) is 0 Å². The third kappa shape index (κ3) is 5.14. The number of ether oxygens (including phenoxy) is 3. The first kappa shape index (κ1) is 23.2. The van der Waals surface area contributed by atoms with Gasteiger partial charge >= 0.3 is 5.97 Å². The molecule has 7 atom stereocenters. The lowest BCUT2D eigenvalue weighted by molar-refractivity contribution is -0.277. The molecule has 9 nitrogen and oxygen atoms in total. The van der Waals surface area contributed by atoms with Crippen molar-refractivity contribution in [1.82, 2.24) is 4.90 Å². The normalized spacial score (nSPS) is 35.2. The summed E-state index contributed by atoms with van der Waals surface area (Å²) in [6, 6.07) is 7.25. The summed E-state index contributed by atoms with van der Waals surface area (Å²) in [5.74, 6) is 0.410. The monoisotopic (exact) mass is 449 g/mol. The molecule has 0 unspecified atom stereocenters. The molecule has 3 heterocycles. The maximum Gasteiger partial charge on any atom is 0.330 e. The van der Waals surface area contributed by atoms with Gasteiger partial charge in [-0.15, -0.1) is 0 Å². The van der Waals surface area contributed by atoms with Gasteiger partial charge in [0.1, 0.15) is 30.2 Å². The Kier molecular flexibility index (Phi) is 7.44. The van der Waals surface area contributed by atoms with E-state index in [1.54, 1.807) is 30.3 Å². The molecule has 0 radical (unpaired) electrons. The van der Waals surface area contributed by atoms with E-state index in [4.69, 9.17) is 14.2 Å². The maximum absolute atomic E-state index is 12.1. The van der Waals surface area contributed by atoms with Crippen molar-refractivity contribution in [1.29, 1.82) is 0 Å². The number of hydrogen-bond acceptors (Lipinski definition) is 9. The number of fused-ring (bicyclic) bond motifs is 1. The van der Waals surface area contributed by atoms with Crippen LogP contribution in [0, 0.1) is 5.92 Å². The smallest absolute Gasteiger partial charge is 0.330 e.